The predicted octanol–water partition coefficient (Wildman–Crippen LogP) is 5.64. The number of fused-ring (bicyclic) bond motifs is 1. The summed E-state index contributed by atoms with van der Waals surface area (Å²) in [6.45, 7) is 9.77. The Kier molecular flexibility index (Phi) is 8.75. The number of allylic oxidation sites excluding steroid dienone is 2. The Morgan fingerprint density at radius 2 is 1.69 bits per heavy atom. The van der Waals surface area contributed by atoms with Crippen LogP contribution in [0, 0.1) is 11.8 Å². The second-order valence-electron chi connectivity index (χ2n) is 12.4. The number of aliphatic hydroxyl groups excluding tert-OH is 1. The molecule has 6 heteroatoms. The fourth-order valence-corrected chi connectivity index (χ4v) is 5.97. The third-order valence-corrected chi connectivity index (χ3v) is 8.33. The Bertz CT molecular complexity index is 1150. The molecule has 2 aromatic rings. The quantitative estimate of drug-likeness (QED) is 0.468. The number of carbonyl (C=O) groups is 1. The molecule has 1 fully saturated rings. The lowest BCUT2D eigenvalue weighted by atomic mass is 9.85. The Morgan fingerprint density at radius 3 is 2.36 bits per heavy atom. The van der Waals surface area contributed by atoms with E-state index in [9.17, 15) is 9.90 Å². The van der Waals surface area contributed by atoms with Gasteiger partial charge in [0.25, 0.3) is 0 Å². The molecule has 2 heterocycles. The molecule has 1 aliphatic carbocycles. The van der Waals surface area contributed by atoms with Gasteiger partial charge in [0.2, 0.25) is 12.3 Å². The van der Waals surface area contributed by atoms with Crippen LogP contribution < -0.4 is 4.74 Å². The third-order valence-electron chi connectivity index (χ3n) is 8.33. The van der Waals surface area contributed by atoms with E-state index in [1.165, 1.54) is 22.3 Å². The van der Waals surface area contributed by atoms with Gasteiger partial charge in [0.15, 0.2) is 0 Å². The van der Waals surface area contributed by atoms with E-state index in [2.05, 4.69) is 59.5 Å². The molecule has 2 unspecified atom stereocenters. The summed E-state index contributed by atoms with van der Waals surface area (Å²) in [4.78, 5) is 17.3. The molecule has 1 saturated heterocycles. The van der Waals surface area contributed by atoms with Crippen molar-refractivity contribution in [2.24, 2.45) is 11.8 Å². The summed E-state index contributed by atoms with van der Waals surface area (Å²) in [6.07, 6.45) is 7.02. The monoisotopic (exact) mass is 532 g/mol. The molecule has 0 radical (unpaired) electrons. The van der Waals surface area contributed by atoms with Gasteiger partial charge in [0.1, 0.15) is 5.75 Å². The van der Waals surface area contributed by atoms with Crippen LogP contribution in [0.1, 0.15) is 69.6 Å². The summed E-state index contributed by atoms with van der Waals surface area (Å²) < 4.78 is 11.8. The highest BCUT2D eigenvalue weighted by atomic mass is 16.6. The van der Waals surface area contributed by atoms with E-state index in [1.54, 1.807) is 0 Å². The Morgan fingerprint density at radius 1 is 0.974 bits per heavy atom. The Hall–Kier alpha value is -2.67. The minimum atomic E-state index is -0.843. The Labute approximate surface area is 233 Å². The SMILES string of the molecule is CC(C)(C)OC(O)N1CCC(COc2ccc(C3=CCC(C(=O)N4CCc5ccccc5C4)CC3)cc2)CC1. The van der Waals surface area contributed by atoms with Crippen molar-refractivity contribution in [1.29, 1.82) is 0 Å². The van der Waals surface area contributed by atoms with Crippen molar-refractivity contribution in [1.82, 2.24) is 9.80 Å². The smallest absolute Gasteiger partial charge is 0.226 e. The van der Waals surface area contributed by atoms with Crippen LogP contribution in [-0.2, 0) is 22.5 Å². The normalized spacial score (nSPS) is 21.7. The molecule has 2 atom stereocenters. The number of rotatable bonds is 7. The molecule has 1 amide bonds. The number of piperidine rings is 1. The number of nitrogens with zero attached hydrogens (tertiary/aromatic N) is 2. The zero-order chi connectivity index (χ0) is 27.4. The fourth-order valence-electron chi connectivity index (χ4n) is 5.97. The van der Waals surface area contributed by atoms with E-state index < -0.39 is 6.41 Å². The van der Waals surface area contributed by atoms with Gasteiger partial charge in [-0.05, 0) is 99.6 Å². The van der Waals surface area contributed by atoms with Gasteiger partial charge in [0.05, 0.1) is 12.2 Å². The molecule has 0 aromatic heterocycles. The van der Waals surface area contributed by atoms with E-state index >= 15 is 0 Å². The predicted molar refractivity (Wildman–Crippen MR) is 154 cm³/mol. The molecule has 3 aliphatic rings. The number of ether oxygens (including phenoxy) is 2. The van der Waals surface area contributed by atoms with E-state index in [1.807, 2.05) is 25.7 Å². The largest absolute Gasteiger partial charge is 0.493 e. The number of amides is 1. The molecule has 0 saturated carbocycles. The minimum Gasteiger partial charge on any atom is -0.493 e. The molecular formula is C33H44N2O4. The maximum Gasteiger partial charge on any atom is 0.226 e. The van der Waals surface area contributed by atoms with Crippen molar-refractivity contribution < 1.29 is 19.4 Å². The van der Waals surface area contributed by atoms with Crippen molar-refractivity contribution in [3.8, 4) is 5.75 Å². The second kappa shape index (κ2) is 12.2. The number of carbonyl (C=O) groups excluding carboxylic acids is 1. The van der Waals surface area contributed by atoms with Crippen LogP contribution >= 0.6 is 0 Å². The number of aliphatic hydroxyl groups is 1. The number of hydrogen-bond donors (Lipinski definition) is 1. The van der Waals surface area contributed by atoms with Gasteiger partial charge in [-0.1, -0.05) is 42.5 Å². The lowest BCUT2D eigenvalue weighted by Gasteiger charge is -2.37. The average Bonchev–Trinajstić information content (AvgIpc) is 2.95. The second-order valence-corrected chi connectivity index (χ2v) is 12.4. The van der Waals surface area contributed by atoms with Crippen LogP contribution in [0.3, 0.4) is 0 Å². The fraction of sp³-hybridized carbons (Fsp3) is 0.545. The first-order valence-electron chi connectivity index (χ1n) is 14.6. The highest BCUT2D eigenvalue weighted by Crippen LogP contribution is 2.33. The number of benzene rings is 2. The van der Waals surface area contributed by atoms with Crippen molar-refractivity contribution in [3.63, 3.8) is 0 Å². The molecule has 2 aromatic carbocycles. The molecule has 0 spiro atoms. The zero-order valence-corrected chi connectivity index (χ0v) is 23.8. The first-order valence-corrected chi connectivity index (χ1v) is 14.6. The maximum atomic E-state index is 13.2. The van der Waals surface area contributed by atoms with E-state index in [0.29, 0.717) is 18.4 Å². The molecule has 1 N–H and O–H groups in total. The van der Waals surface area contributed by atoms with Crippen molar-refractivity contribution in [2.45, 2.75) is 77.9 Å². The van der Waals surface area contributed by atoms with Gasteiger partial charge in [-0.2, -0.15) is 0 Å². The van der Waals surface area contributed by atoms with Gasteiger partial charge in [-0.15, -0.1) is 0 Å². The summed E-state index contributed by atoms with van der Waals surface area (Å²) >= 11 is 0. The van der Waals surface area contributed by atoms with E-state index in [-0.39, 0.29) is 11.5 Å². The molecule has 39 heavy (non-hydrogen) atoms. The molecule has 0 bridgehead atoms. The standard InChI is InChI=1S/C33H44N2O4/c1-33(2,3)39-32(37)34-19-16-24(17-20-34)23-38-30-14-12-27(13-15-30)26-8-10-28(11-9-26)31(36)35-21-18-25-6-4-5-7-29(25)22-35/h4-8,12-15,24,28,32,37H,9-11,16-23H2,1-3H3. The van der Waals surface area contributed by atoms with Crippen LogP contribution in [0.4, 0.5) is 0 Å². The zero-order valence-electron chi connectivity index (χ0n) is 23.8. The van der Waals surface area contributed by atoms with E-state index in [0.717, 1.165) is 70.5 Å². The summed E-state index contributed by atoms with van der Waals surface area (Å²) in [5.74, 6) is 1.78. The highest BCUT2D eigenvalue weighted by molar-refractivity contribution is 5.81. The van der Waals surface area contributed by atoms with Crippen molar-refractivity contribution in [3.05, 3.63) is 71.3 Å². The van der Waals surface area contributed by atoms with Crippen LogP contribution in [0.25, 0.3) is 5.57 Å². The highest BCUT2D eigenvalue weighted by Gasteiger charge is 2.29. The van der Waals surface area contributed by atoms with Gasteiger partial charge in [-0.3, -0.25) is 9.69 Å². The number of hydrogen-bond acceptors (Lipinski definition) is 5. The van der Waals surface area contributed by atoms with Crippen molar-refractivity contribution >= 4 is 11.5 Å². The number of likely N-dealkylation sites (tertiary alicyclic amines) is 1. The minimum absolute atomic E-state index is 0.0918. The van der Waals surface area contributed by atoms with Gasteiger partial charge >= 0.3 is 0 Å². The maximum absolute atomic E-state index is 13.2. The Balaban J connectivity index is 1.06. The topological polar surface area (TPSA) is 62.2 Å². The first-order chi connectivity index (χ1) is 18.7. The van der Waals surface area contributed by atoms with Crippen LogP contribution in [0.5, 0.6) is 5.75 Å². The summed E-state index contributed by atoms with van der Waals surface area (Å²) in [5, 5.41) is 10.3. The molecule has 5 rings (SSSR count). The van der Waals surface area contributed by atoms with Crippen LogP contribution in [0.15, 0.2) is 54.6 Å². The van der Waals surface area contributed by atoms with Crippen molar-refractivity contribution in [2.75, 3.05) is 26.2 Å². The first kappa shape index (κ1) is 27.9. The van der Waals surface area contributed by atoms with Gasteiger partial charge in [-0.25, -0.2) is 0 Å². The summed E-state index contributed by atoms with van der Waals surface area (Å²) in [5.41, 5.74) is 4.87. The molecule has 2 aliphatic heterocycles. The van der Waals surface area contributed by atoms with Gasteiger partial charge in [0, 0.05) is 32.1 Å². The summed E-state index contributed by atoms with van der Waals surface area (Å²) in [7, 11) is 0. The van der Waals surface area contributed by atoms with Crippen LogP contribution in [-0.4, -0.2) is 59.1 Å². The molecule has 210 valence electrons. The van der Waals surface area contributed by atoms with Gasteiger partial charge < -0.3 is 19.5 Å². The lowest BCUT2D eigenvalue weighted by molar-refractivity contribution is -0.243. The van der Waals surface area contributed by atoms with Crippen LogP contribution in [0.2, 0.25) is 0 Å². The third kappa shape index (κ3) is 7.30. The lowest BCUT2D eigenvalue weighted by Crippen LogP contribution is -2.46. The van der Waals surface area contributed by atoms with E-state index in [4.69, 9.17) is 9.47 Å². The average molecular weight is 533 g/mol. The molecular weight excluding hydrogens is 488 g/mol. The summed E-state index contributed by atoms with van der Waals surface area (Å²) in [6, 6.07) is 16.9. The molecule has 6 nitrogen and oxygen atoms in total.